The van der Waals surface area contributed by atoms with Crippen molar-refractivity contribution < 1.29 is 33.3 Å². The Morgan fingerprint density at radius 3 is 2.14 bits per heavy atom. The molecule has 0 aliphatic carbocycles. The molecule has 0 bridgehead atoms. The summed E-state index contributed by atoms with van der Waals surface area (Å²) in [4.78, 5) is 37.5. The number of carbonyl (C=O) groups excluding carboxylic acids is 3. The number of methoxy groups -OCH3 is 3. The zero-order chi connectivity index (χ0) is 25.2. The van der Waals surface area contributed by atoms with Crippen molar-refractivity contribution in [2.75, 3.05) is 52.6 Å². The molecule has 0 N–H and O–H groups in total. The number of hydrogen-bond acceptors (Lipinski definition) is 9. The van der Waals surface area contributed by atoms with Crippen LogP contribution in [0.3, 0.4) is 0 Å². The van der Waals surface area contributed by atoms with Gasteiger partial charge in [-0.05, 0) is 37.9 Å². The van der Waals surface area contributed by atoms with Gasteiger partial charge in [0.25, 0.3) is 0 Å². The monoisotopic (exact) mass is 484 g/mol. The van der Waals surface area contributed by atoms with Crippen molar-refractivity contribution in [3.63, 3.8) is 0 Å². The first kappa shape index (κ1) is 25.8. The average Bonchev–Trinajstić information content (AvgIpc) is 3.41. The van der Waals surface area contributed by atoms with E-state index < -0.39 is 12.1 Å². The van der Waals surface area contributed by atoms with Crippen molar-refractivity contribution in [2.45, 2.75) is 19.3 Å². The molecule has 1 aliphatic heterocycles. The second kappa shape index (κ2) is 12.6. The lowest BCUT2D eigenvalue weighted by molar-refractivity contribution is -0.131. The van der Waals surface area contributed by atoms with Crippen molar-refractivity contribution >= 4 is 24.0 Å². The minimum Gasteiger partial charge on any atom is -0.493 e. The predicted octanol–water partition coefficient (Wildman–Crippen LogP) is 2.80. The summed E-state index contributed by atoms with van der Waals surface area (Å²) in [6.45, 7) is 2.10. The van der Waals surface area contributed by atoms with Gasteiger partial charge in [-0.2, -0.15) is 0 Å². The first-order chi connectivity index (χ1) is 17.0. The van der Waals surface area contributed by atoms with Gasteiger partial charge in [-0.25, -0.2) is 14.6 Å². The van der Waals surface area contributed by atoms with Crippen LogP contribution in [-0.2, 0) is 20.7 Å². The molecule has 1 heterocycles. The Hall–Kier alpha value is -3.79. The van der Waals surface area contributed by atoms with Crippen molar-refractivity contribution in [3.8, 4) is 17.2 Å². The van der Waals surface area contributed by atoms with Gasteiger partial charge in [0, 0.05) is 18.7 Å². The van der Waals surface area contributed by atoms with Gasteiger partial charge in [0.05, 0.1) is 33.7 Å². The molecule has 3 rings (SSSR count). The van der Waals surface area contributed by atoms with E-state index in [2.05, 4.69) is 4.90 Å². The maximum Gasteiger partial charge on any atom is 0.438 e. The fourth-order valence-electron chi connectivity index (χ4n) is 3.98. The van der Waals surface area contributed by atoms with Crippen LogP contribution in [0.25, 0.3) is 0 Å². The summed E-state index contributed by atoms with van der Waals surface area (Å²) in [6, 6.07) is 13.2. The van der Waals surface area contributed by atoms with Crippen LogP contribution in [0.4, 0.5) is 10.5 Å². The minimum atomic E-state index is -1.38. The van der Waals surface area contributed by atoms with Gasteiger partial charge >= 0.3 is 18.3 Å². The number of hydrazine groups is 1. The quantitative estimate of drug-likeness (QED) is 0.206. The number of nitrogens with zero attached hydrogens (tertiary/aromatic N) is 3. The van der Waals surface area contributed by atoms with E-state index >= 15 is 0 Å². The molecule has 2 aromatic carbocycles. The van der Waals surface area contributed by atoms with Gasteiger partial charge in [-0.3, -0.25) is 14.7 Å². The standard InChI is InChI=1S/C25H30N3O7/c1-32-21-15-20(16-22(33-2)24(21)34-3)27(14-11-19-9-5-4-6-10-19)28(18-26-12-7-8-13-26)25(31)35-23(30)17-29/h4-6,9-10,15-16H,7-8,11-14,18H2,1-3H3. The lowest BCUT2D eigenvalue weighted by Crippen LogP contribution is -2.53. The molecule has 1 saturated heterocycles. The molecule has 0 unspecified atom stereocenters. The molecule has 10 heteroatoms. The number of anilines is 1. The summed E-state index contributed by atoms with van der Waals surface area (Å²) in [5.74, 6) is -0.174. The molecule has 35 heavy (non-hydrogen) atoms. The Balaban J connectivity index is 2.04. The SMILES string of the molecule is COc1cc(N(CCc2ccccc2)N(CN2CCCC2)C(=O)OC(=O)[C]=O)cc(OC)c1OC. The fraction of sp³-hybridized carbons (Fsp3) is 0.400. The minimum absolute atomic E-state index is 0.163. The Kier molecular flexibility index (Phi) is 9.31. The summed E-state index contributed by atoms with van der Waals surface area (Å²) >= 11 is 0. The highest BCUT2D eigenvalue weighted by molar-refractivity contribution is 6.23. The predicted molar refractivity (Wildman–Crippen MR) is 128 cm³/mol. The third-order valence-electron chi connectivity index (χ3n) is 5.70. The molecule has 1 aliphatic rings. The maximum absolute atomic E-state index is 13.1. The van der Waals surface area contributed by atoms with Crippen LogP contribution in [-0.4, -0.2) is 75.9 Å². The van der Waals surface area contributed by atoms with Crippen molar-refractivity contribution in [3.05, 3.63) is 48.0 Å². The topological polar surface area (TPSA) is 97.9 Å². The van der Waals surface area contributed by atoms with Crippen LogP contribution in [0, 0.1) is 0 Å². The molecule has 187 valence electrons. The molecule has 1 radical (unpaired) electrons. The molecule has 1 fully saturated rings. The summed E-state index contributed by atoms with van der Waals surface area (Å²) < 4.78 is 21.2. The van der Waals surface area contributed by atoms with Crippen LogP contribution < -0.4 is 19.2 Å². The molecule has 10 nitrogen and oxygen atoms in total. The largest absolute Gasteiger partial charge is 0.493 e. The van der Waals surface area contributed by atoms with E-state index in [-0.39, 0.29) is 6.67 Å². The highest BCUT2D eigenvalue weighted by Crippen LogP contribution is 2.41. The van der Waals surface area contributed by atoms with E-state index in [0.29, 0.717) is 35.9 Å². The first-order valence-electron chi connectivity index (χ1n) is 11.3. The zero-order valence-electron chi connectivity index (χ0n) is 20.2. The molecule has 1 amide bonds. The smallest absolute Gasteiger partial charge is 0.438 e. The average molecular weight is 485 g/mol. The molecule has 0 spiro atoms. The molecule has 0 atom stereocenters. The third kappa shape index (κ3) is 6.63. The number of carbonyl (C=O) groups is 2. The maximum atomic E-state index is 13.1. The highest BCUT2D eigenvalue weighted by atomic mass is 16.6. The number of amides is 1. The Morgan fingerprint density at radius 2 is 1.60 bits per heavy atom. The van der Waals surface area contributed by atoms with Crippen molar-refractivity contribution in [2.24, 2.45) is 0 Å². The highest BCUT2D eigenvalue weighted by Gasteiger charge is 2.30. The Bertz CT molecular complexity index is 984. The number of ether oxygens (including phenoxy) is 4. The van der Waals surface area contributed by atoms with Gasteiger partial charge in [-0.1, -0.05) is 30.3 Å². The third-order valence-corrected chi connectivity index (χ3v) is 5.70. The second-order valence-electron chi connectivity index (χ2n) is 7.87. The van der Waals surface area contributed by atoms with Crippen LogP contribution in [0.1, 0.15) is 18.4 Å². The van der Waals surface area contributed by atoms with E-state index in [4.69, 9.17) is 18.9 Å². The summed E-state index contributed by atoms with van der Waals surface area (Å²) in [6.07, 6.45) is 2.68. The fourth-order valence-corrected chi connectivity index (χ4v) is 3.98. The van der Waals surface area contributed by atoms with Gasteiger partial charge in [0.1, 0.15) is 0 Å². The van der Waals surface area contributed by atoms with E-state index in [0.717, 1.165) is 37.8 Å². The van der Waals surface area contributed by atoms with Crippen molar-refractivity contribution in [1.29, 1.82) is 0 Å². The number of rotatable bonds is 11. The lowest BCUT2D eigenvalue weighted by Gasteiger charge is -2.38. The van der Waals surface area contributed by atoms with E-state index in [1.807, 2.05) is 30.3 Å². The molecular weight excluding hydrogens is 454 g/mol. The first-order valence-corrected chi connectivity index (χ1v) is 11.3. The molecule has 0 saturated carbocycles. The zero-order valence-corrected chi connectivity index (χ0v) is 20.2. The Labute approximate surface area is 204 Å². The van der Waals surface area contributed by atoms with Crippen LogP contribution in [0.2, 0.25) is 0 Å². The summed E-state index contributed by atoms with van der Waals surface area (Å²) in [5.41, 5.74) is 1.60. The van der Waals surface area contributed by atoms with Crippen LogP contribution in [0.15, 0.2) is 42.5 Å². The number of esters is 1. The van der Waals surface area contributed by atoms with E-state index in [9.17, 15) is 14.4 Å². The van der Waals surface area contributed by atoms with Gasteiger partial charge in [0.2, 0.25) is 5.75 Å². The number of benzene rings is 2. The summed E-state index contributed by atoms with van der Waals surface area (Å²) in [5, 5.41) is 3.00. The number of hydrogen-bond donors (Lipinski definition) is 0. The normalized spacial score (nSPS) is 13.1. The second-order valence-corrected chi connectivity index (χ2v) is 7.87. The van der Waals surface area contributed by atoms with Gasteiger partial charge in [0.15, 0.2) is 11.5 Å². The van der Waals surface area contributed by atoms with E-state index in [1.165, 1.54) is 26.3 Å². The van der Waals surface area contributed by atoms with Crippen LogP contribution >= 0.6 is 0 Å². The van der Waals surface area contributed by atoms with Crippen molar-refractivity contribution in [1.82, 2.24) is 9.91 Å². The number of likely N-dealkylation sites (tertiary alicyclic amines) is 1. The lowest BCUT2D eigenvalue weighted by atomic mass is 10.1. The molecular formula is C25H30N3O7. The van der Waals surface area contributed by atoms with Gasteiger partial charge < -0.3 is 18.9 Å². The molecule has 0 aromatic heterocycles. The molecule has 2 aromatic rings. The Morgan fingerprint density at radius 1 is 0.971 bits per heavy atom. The van der Waals surface area contributed by atoms with E-state index in [1.54, 1.807) is 17.1 Å². The summed E-state index contributed by atoms with van der Waals surface area (Å²) in [7, 11) is 4.51. The van der Waals surface area contributed by atoms with Gasteiger partial charge in [-0.15, -0.1) is 0 Å². The van der Waals surface area contributed by atoms with Crippen LogP contribution in [0.5, 0.6) is 17.2 Å².